The molecule has 162 valence electrons. The third-order valence-corrected chi connectivity index (χ3v) is 5.81. The smallest absolute Gasteiger partial charge is 0.236 e. The summed E-state index contributed by atoms with van der Waals surface area (Å²) in [6.07, 6.45) is 3.93. The van der Waals surface area contributed by atoms with Crippen molar-refractivity contribution in [1.29, 1.82) is 0 Å². The van der Waals surface area contributed by atoms with Gasteiger partial charge in [-0.3, -0.25) is 9.69 Å². The Labute approximate surface area is 181 Å². The molecule has 5 heteroatoms. The van der Waals surface area contributed by atoms with Crippen LogP contribution in [0.2, 0.25) is 0 Å². The van der Waals surface area contributed by atoms with Gasteiger partial charge in [-0.2, -0.15) is 0 Å². The molecule has 5 nitrogen and oxygen atoms in total. The van der Waals surface area contributed by atoms with Crippen LogP contribution >= 0.6 is 0 Å². The van der Waals surface area contributed by atoms with Crippen molar-refractivity contribution >= 4 is 17.3 Å². The van der Waals surface area contributed by atoms with Crippen molar-refractivity contribution in [3.8, 4) is 0 Å². The molecule has 0 saturated carbocycles. The van der Waals surface area contributed by atoms with Gasteiger partial charge in [-0.25, -0.2) is 0 Å². The average Bonchev–Trinajstić information content (AvgIpc) is 2.75. The predicted molar refractivity (Wildman–Crippen MR) is 126 cm³/mol. The van der Waals surface area contributed by atoms with Gasteiger partial charge in [0.15, 0.2) is 0 Å². The van der Waals surface area contributed by atoms with Gasteiger partial charge in [0, 0.05) is 58.7 Å². The number of carbonyl (C=O) groups is 1. The van der Waals surface area contributed by atoms with Gasteiger partial charge < -0.3 is 14.7 Å². The number of amides is 1. The second kappa shape index (κ2) is 10.5. The van der Waals surface area contributed by atoms with Gasteiger partial charge in [0.25, 0.3) is 0 Å². The Balaban J connectivity index is 1.47. The fraction of sp³-hybridized carbons (Fsp3) is 0.480. The number of rotatable bonds is 8. The van der Waals surface area contributed by atoms with Gasteiger partial charge >= 0.3 is 0 Å². The van der Waals surface area contributed by atoms with E-state index in [-0.39, 0.29) is 5.91 Å². The summed E-state index contributed by atoms with van der Waals surface area (Å²) in [7, 11) is 7.95. The molecule has 0 aromatic heterocycles. The fourth-order valence-electron chi connectivity index (χ4n) is 3.95. The van der Waals surface area contributed by atoms with Crippen LogP contribution < -0.4 is 9.80 Å². The molecule has 0 unspecified atom stereocenters. The summed E-state index contributed by atoms with van der Waals surface area (Å²) in [5, 5.41) is 0. The minimum absolute atomic E-state index is 0.138. The van der Waals surface area contributed by atoms with Crippen LogP contribution in [0.3, 0.4) is 0 Å². The highest BCUT2D eigenvalue weighted by Gasteiger charge is 2.14. The summed E-state index contributed by atoms with van der Waals surface area (Å²) < 4.78 is 0. The second-order valence-corrected chi connectivity index (χ2v) is 8.70. The summed E-state index contributed by atoms with van der Waals surface area (Å²) in [6, 6.07) is 17.2. The van der Waals surface area contributed by atoms with E-state index in [0.717, 1.165) is 25.2 Å². The molecular formula is C25H36N4O. The Hall–Kier alpha value is -2.53. The molecule has 1 saturated heterocycles. The van der Waals surface area contributed by atoms with Crippen molar-refractivity contribution in [2.24, 2.45) is 0 Å². The number of piperidine rings is 1. The maximum Gasteiger partial charge on any atom is 0.236 e. The van der Waals surface area contributed by atoms with Crippen molar-refractivity contribution in [3.05, 3.63) is 59.7 Å². The minimum Gasteiger partial charge on any atom is -0.378 e. The van der Waals surface area contributed by atoms with Crippen LogP contribution in [0.1, 0.15) is 30.4 Å². The van der Waals surface area contributed by atoms with Crippen LogP contribution in [0.5, 0.6) is 0 Å². The lowest BCUT2D eigenvalue weighted by Crippen LogP contribution is -2.36. The zero-order valence-corrected chi connectivity index (χ0v) is 19.0. The topological polar surface area (TPSA) is 30.0 Å². The third kappa shape index (κ3) is 6.23. The SMILES string of the molecule is CN(CC(=O)N(C)Cc1ccc(N(C)C)cc1)Cc1ccc(N2CCCCC2)cc1. The Morgan fingerprint density at radius 1 is 0.800 bits per heavy atom. The molecule has 0 atom stereocenters. The lowest BCUT2D eigenvalue weighted by molar-refractivity contribution is -0.131. The Morgan fingerprint density at radius 3 is 1.97 bits per heavy atom. The molecule has 0 bridgehead atoms. The fourth-order valence-corrected chi connectivity index (χ4v) is 3.95. The number of nitrogens with zero attached hydrogens (tertiary/aromatic N) is 4. The van der Waals surface area contributed by atoms with E-state index in [1.54, 1.807) is 4.90 Å². The maximum atomic E-state index is 12.7. The monoisotopic (exact) mass is 408 g/mol. The summed E-state index contributed by atoms with van der Waals surface area (Å²) in [4.78, 5) is 21.1. The van der Waals surface area contributed by atoms with Gasteiger partial charge in [-0.1, -0.05) is 24.3 Å². The average molecular weight is 409 g/mol. The number of carbonyl (C=O) groups excluding carboxylic acids is 1. The highest BCUT2D eigenvalue weighted by molar-refractivity contribution is 5.78. The van der Waals surface area contributed by atoms with Crippen LogP contribution in [0.4, 0.5) is 11.4 Å². The molecule has 1 heterocycles. The van der Waals surface area contributed by atoms with E-state index in [4.69, 9.17) is 0 Å². The van der Waals surface area contributed by atoms with Crippen molar-refractivity contribution in [3.63, 3.8) is 0 Å². The molecule has 1 aliphatic rings. The van der Waals surface area contributed by atoms with Crippen LogP contribution in [-0.4, -0.2) is 63.5 Å². The standard InChI is InChI=1S/C25H36N4O/c1-26(2)23-12-8-22(9-13-23)19-28(4)25(30)20-27(3)18-21-10-14-24(15-11-21)29-16-6-5-7-17-29/h8-15H,5-7,16-20H2,1-4H3. The van der Waals surface area contributed by atoms with Crippen LogP contribution in [0.15, 0.2) is 48.5 Å². The molecule has 0 radical (unpaired) electrons. The minimum atomic E-state index is 0.138. The highest BCUT2D eigenvalue weighted by Crippen LogP contribution is 2.20. The highest BCUT2D eigenvalue weighted by atomic mass is 16.2. The largest absolute Gasteiger partial charge is 0.378 e. The molecule has 2 aromatic rings. The van der Waals surface area contributed by atoms with Crippen molar-refractivity contribution in [2.45, 2.75) is 32.4 Å². The lowest BCUT2D eigenvalue weighted by atomic mass is 10.1. The van der Waals surface area contributed by atoms with Gasteiger partial charge in [0.2, 0.25) is 5.91 Å². The van der Waals surface area contributed by atoms with E-state index in [2.05, 4.69) is 63.2 Å². The third-order valence-electron chi connectivity index (χ3n) is 5.81. The number of anilines is 2. The molecule has 30 heavy (non-hydrogen) atoms. The predicted octanol–water partition coefficient (Wildman–Crippen LogP) is 3.83. The molecular weight excluding hydrogens is 372 g/mol. The molecule has 1 aliphatic heterocycles. The first kappa shape index (κ1) is 22.2. The van der Waals surface area contributed by atoms with Gasteiger partial charge in [0.05, 0.1) is 6.54 Å². The first-order chi connectivity index (χ1) is 14.4. The Kier molecular flexibility index (Phi) is 7.75. The number of hydrogen-bond acceptors (Lipinski definition) is 4. The lowest BCUT2D eigenvalue weighted by Gasteiger charge is -2.29. The Morgan fingerprint density at radius 2 is 1.37 bits per heavy atom. The molecule has 3 rings (SSSR count). The molecule has 0 aliphatic carbocycles. The first-order valence-electron chi connectivity index (χ1n) is 10.9. The first-order valence-corrected chi connectivity index (χ1v) is 10.9. The summed E-state index contributed by atoms with van der Waals surface area (Å²) >= 11 is 0. The van der Waals surface area contributed by atoms with Crippen LogP contribution in [0, 0.1) is 0 Å². The second-order valence-electron chi connectivity index (χ2n) is 8.70. The van der Waals surface area contributed by atoms with Crippen molar-refractivity contribution in [1.82, 2.24) is 9.80 Å². The maximum absolute atomic E-state index is 12.7. The van der Waals surface area contributed by atoms with E-state index >= 15 is 0 Å². The zero-order chi connectivity index (χ0) is 21.5. The summed E-state index contributed by atoms with van der Waals surface area (Å²) in [6.45, 7) is 4.15. The van der Waals surface area contributed by atoms with E-state index in [1.165, 1.54) is 36.2 Å². The van der Waals surface area contributed by atoms with Crippen LogP contribution in [0.25, 0.3) is 0 Å². The number of benzene rings is 2. The summed E-state index contributed by atoms with van der Waals surface area (Å²) in [5.74, 6) is 0.138. The van der Waals surface area contributed by atoms with Crippen molar-refractivity contribution < 1.29 is 4.79 Å². The molecule has 0 N–H and O–H groups in total. The van der Waals surface area contributed by atoms with Crippen LogP contribution in [-0.2, 0) is 17.9 Å². The van der Waals surface area contributed by atoms with Crippen molar-refractivity contribution in [2.75, 3.05) is 57.6 Å². The zero-order valence-electron chi connectivity index (χ0n) is 19.0. The molecule has 2 aromatic carbocycles. The van der Waals surface area contributed by atoms with Gasteiger partial charge in [-0.05, 0) is 61.7 Å². The quantitative estimate of drug-likeness (QED) is 0.664. The summed E-state index contributed by atoms with van der Waals surface area (Å²) in [5.41, 5.74) is 4.87. The van der Waals surface area contributed by atoms with E-state index in [9.17, 15) is 4.79 Å². The molecule has 1 amide bonds. The van der Waals surface area contributed by atoms with E-state index in [0.29, 0.717) is 13.1 Å². The van der Waals surface area contributed by atoms with Gasteiger partial charge in [0.1, 0.15) is 0 Å². The normalized spacial score (nSPS) is 14.1. The van der Waals surface area contributed by atoms with Gasteiger partial charge in [-0.15, -0.1) is 0 Å². The Bertz CT molecular complexity index is 795. The molecule has 0 spiro atoms. The van der Waals surface area contributed by atoms with E-state index in [1.807, 2.05) is 28.2 Å². The number of likely N-dealkylation sites (N-methyl/N-ethyl adjacent to an activating group) is 2. The number of hydrogen-bond donors (Lipinski definition) is 0. The van der Waals surface area contributed by atoms with E-state index < -0.39 is 0 Å². The molecule has 1 fully saturated rings.